The zero-order chi connectivity index (χ0) is 28.8. The fourth-order valence-electron chi connectivity index (χ4n) is 7.66. The van der Waals surface area contributed by atoms with Gasteiger partial charge in [0.1, 0.15) is 11.6 Å². The van der Waals surface area contributed by atoms with Gasteiger partial charge in [0, 0.05) is 55.9 Å². The van der Waals surface area contributed by atoms with Gasteiger partial charge in [-0.2, -0.15) is 0 Å². The van der Waals surface area contributed by atoms with E-state index in [2.05, 4.69) is 72.2 Å². The van der Waals surface area contributed by atoms with Gasteiger partial charge in [0.15, 0.2) is 0 Å². The summed E-state index contributed by atoms with van der Waals surface area (Å²) in [6.45, 7) is 11.1. The summed E-state index contributed by atoms with van der Waals surface area (Å²) in [5.74, 6) is 1.24. The zero-order valence-corrected chi connectivity index (χ0v) is 25.2. The van der Waals surface area contributed by atoms with Crippen molar-refractivity contribution in [1.29, 1.82) is 0 Å². The summed E-state index contributed by atoms with van der Waals surface area (Å²) in [5, 5.41) is 14.3. The van der Waals surface area contributed by atoms with Gasteiger partial charge in [0.05, 0.1) is 16.9 Å². The molecule has 2 N–H and O–H groups in total. The molecule has 3 aromatic rings. The van der Waals surface area contributed by atoms with Crippen molar-refractivity contribution >= 4 is 16.6 Å². The molecule has 0 aliphatic carbocycles. The van der Waals surface area contributed by atoms with Crippen molar-refractivity contribution in [2.24, 2.45) is 5.41 Å². The Kier molecular flexibility index (Phi) is 7.59. The predicted octanol–water partition coefficient (Wildman–Crippen LogP) is 4.32. The Morgan fingerprint density at radius 2 is 1.83 bits per heavy atom. The van der Waals surface area contributed by atoms with Crippen molar-refractivity contribution in [3.63, 3.8) is 0 Å². The van der Waals surface area contributed by atoms with Gasteiger partial charge in [-0.15, -0.1) is 0 Å². The number of piperidine rings is 1. The van der Waals surface area contributed by atoms with Crippen LogP contribution in [0.25, 0.3) is 10.9 Å². The molecule has 1 aromatic heterocycles. The number of likely N-dealkylation sites (tertiary alicyclic amines) is 1. The van der Waals surface area contributed by atoms with Gasteiger partial charge in [-0.1, -0.05) is 25.5 Å². The molecule has 6 rings (SSSR count). The molecule has 41 heavy (non-hydrogen) atoms. The van der Waals surface area contributed by atoms with E-state index in [0.717, 1.165) is 87.5 Å². The zero-order valence-electron chi connectivity index (χ0n) is 25.2. The Morgan fingerprint density at radius 3 is 2.44 bits per heavy atom. The number of aromatic hydroxyl groups is 1. The van der Waals surface area contributed by atoms with Crippen LogP contribution in [0.1, 0.15) is 63.4 Å². The third-order valence-corrected chi connectivity index (χ3v) is 10.2. The van der Waals surface area contributed by atoms with Gasteiger partial charge in [-0.3, -0.25) is 19.2 Å². The van der Waals surface area contributed by atoms with E-state index in [1.165, 1.54) is 6.42 Å². The van der Waals surface area contributed by atoms with E-state index in [1.54, 1.807) is 6.07 Å². The Labute approximate surface area is 244 Å². The van der Waals surface area contributed by atoms with E-state index < -0.39 is 0 Å². The van der Waals surface area contributed by atoms with E-state index in [0.29, 0.717) is 23.1 Å². The van der Waals surface area contributed by atoms with Crippen LogP contribution in [0.15, 0.2) is 47.3 Å². The van der Waals surface area contributed by atoms with Crippen molar-refractivity contribution < 1.29 is 5.11 Å². The summed E-state index contributed by atoms with van der Waals surface area (Å²) in [7, 11) is 4.26. The highest BCUT2D eigenvalue weighted by Crippen LogP contribution is 2.41. The number of nitrogens with one attached hydrogen (secondary N) is 1. The van der Waals surface area contributed by atoms with E-state index in [-0.39, 0.29) is 17.1 Å². The van der Waals surface area contributed by atoms with Crippen LogP contribution in [0.2, 0.25) is 0 Å². The first-order valence-electron chi connectivity index (χ1n) is 15.5. The highest BCUT2D eigenvalue weighted by molar-refractivity contribution is 5.82. The Morgan fingerprint density at radius 1 is 1.05 bits per heavy atom. The fourth-order valence-corrected chi connectivity index (χ4v) is 7.66. The lowest BCUT2D eigenvalue weighted by Gasteiger charge is -2.47. The van der Waals surface area contributed by atoms with Crippen LogP contribution in [0.3, 0.4) is 0 Å². The summed E-state index contributed by atoms with van der Waals surface area (Å²) >= 11 is 0. The summed E-state index contributed by atoms with van der Waals surface area (Å²) in [6, 6.07) is 14.1. The van der Waals surface area contributed by atoms with Crippen LogP contribution in [0.4, 0.5) is 5.69 Å². The van der Waals surface area contributed by atoms with Crippen LogP contribution < -0.4 is 15.8 Å². The molecule has 3 aliphatic heterocycles. The molecule has 1 atom stereocenters. The maximum absolute atomic E-state index is 14.0. The molecule has 3 saturated heterocycles. The SMILES string of the molecule is CCCC(c1nc2ccc(N3CCC(c4cccc(O)c4)(N(C)C)CC3)cc2c(=O)n1CC)N1CCC2(CNC2)C1. The van der Waals surface area contributed by atoms with E-state index in [4.69, 9.17) is 4.98 Å². The molecule has 3 fully saturated rings. The third-order valence-electron chi connectivity index (χ3n) is 10.2. The first-order valence-corrected chi connectivity index (χ1v) is 15.5. The molecule has 1 unspecified atom stereocenters. The largest absolute Gasteiger partial charge is 0.508 e. The normalized spacial score (nSPS) is 21.0. The monoisotopic (exact) mass is 558 g/mol. The van der Waals surface area contributed by atoms with Crippen LogP contribution in [0, 0.1) is 5.41 Å². The van der Waals surface area contributed by atoms with Crippen molar-refractivity contribution in [3.8, 4) is 5.75 Å². The predicted molar refractivity (Wildman–Crippen MR) is 166 cm³/mol. The second-order valence-electron chi connectivity index (χ2n) is 12.8. The number of anilines is 1. The van der Waals surface area contributed by atoms with Crippen molar-refractivity contribution in [2.75, 3.05) is 58.3 Å². The number of phenolic OH excluding ortho intramolecular Hbond substituents is 1. The van der Waals surface area contributed by atoms with E-state index >= 15 is 0 Å². The molecular weight excluding hydrogens is 512 g/mol. The standard InChI is InChI=1S/C33H46N6O2/c1-5-8-29(38-16-13-32(23-38)21-34-22-32)30-35-28-12-11-25(20-27(28)31(41)39(30)6-2)37-17-14-33(15-18-37,36(3)4)24-9-7-10-26(40)19-24/h7,9-12,19-20,29,34,40H,5-6,8,13-18,21-23H2,1-4H3. The summed E-state index contributed by atoms with van der Waals surface area (Å²) in [6.07, 6.45) is 5.17. The highest BCUT2D eigenvalue weighted by Gasteiger charge is 2.45. The number of nitrogens with zero attached hydrogens (tertiary/aromatic N) is 5. The molecule has 2 aromatic carbocycles. The molecule has 4 heterocycles. The number of aromatic nitrogens is 2. The molecule has 0 bridgehead atoms. The number of benzene rings is 2. The lowest BCUT2D eigenvalue weighted by atomic mass is 9.79. The molecule has 8 heteroatoms. The van der Waals surface area contributed by atoms with Gasteiger partial charge in [0.2, 0.25) is 0 Å². The lowest BCUT2D eigenvalue weighted by molar-refractivity contribution is 0.115. The maximum Gasteiger partial charge on any atom is 0.261 e. The van der Waals surface area contributed by atoms with E-state index in [9.17, 15) is 9.90 Å². The topological polar surface area (TPSA) is 76.9 Å². The molecule has 3 aliphatic rings. The van der Waals surface area contributed by atoms with Crippen LogP contribution in [0.5, 0.6) is 5.75 Å². The number of hydrogen-bond donors (Lipinski definition) is 2. The quantitative estimate of drug-likeness (QED) is 0.427. The first-order chi connectivity index (χ1) is 19.8. The second-order valence-corrected chi connectivity index (χ2v) is 12.8. The number of phenols is 1. The average molecular weight is 559 g/mol. The third kappa shape index (κ3) is 4.94. The summed E-state index contributed by atoms with van der Waals surface area (Å²) in [4.78, 5) is 26.5. The minimum absolute atomic E-state index is 0.0779. The molecule has 8 nitrogen and oxygen atoms in total. The average Bonchev–Trinajstić information content (AvgIpc) is 3.42. The highest BCUT2D eigenvalue weighted by atomic mass is 16.3. The van der Waals surface area contributed by atoms with Gasteiger partial charge < -0.3 is 15.3 Å². The lowest BCUT2D eigenvalue weighted by Crippen LogP contribution is -2.54. The van der Waals surface area contributed by atoms with Crippen LogP contribution in [-0.2, 0) is 12.1 Å². The number of hydrogen-bond acceptors (Lipinski definition) is 7. The fraction of sp³-hybridized carbons (Fsp3) is 0.576. The maximum atomic E-state index is 14.0. The van der Waals surface area contributed by atoms with Gasteiger partial charge in [0.25, 0.3) is 5.56 Å². The van der Waals surface area contributed by atoms with E-state index in [1.807, 2.05) is 16.7 Å². The van der Waals surface area contributed by atoms with Gasteiger partial charge >= 0.3 is 0 Å². The summed E-state index contributed by atoms with van der Waals surface area (Å²) < 4.78 is 1.94. The molecular formula is C33H46N6O2. The molecule has 0 amide bonds. The Bertz CT molecular complexity index is 1450. The van der Waals surface area contributed by atoms with Gasteiger partial charge in [-0.25, -0.2) is 4.98 Å². The smallest absolute Gasteiger partial charge is 0.261 e. The molecule has 1 spiro atoms. The Balaban J connectivity index is 1.29. The summed E-state index contributed by atoms with van der Waals surface area (Å²) in [5.41, 5.74) is 3.40. The molecule has 220 valence electrons. The van der Waals surface area contributed by atoms with Crippen molar-refractivity contribution in [3.05, 3.63) is 64.2 Å². The van der Waals surface area contributed by atoms with Gasteiger partial charge in [-0.05, 0) is 89.1 Å². The van der Waals surface area contributed by atoms with Crippen molar-refractivity contribution in [1.82, 2.24) is 24.7 Å². The first kappa shape index (κ1) is 28.2. The molecule has 0 saturated carbocycles. The minimum atomic E-state index is -0.130. The van der Waals surface area contributed by atoms with Crippen LogP contribution >= 0.6 is 0 Å². The number of rotatable bonds is 8. The van der Waals surface area contributed by atoms with Crippen molar-refractivity contribution in [2.45, 2.75) is 64.1 Å². The Hall–Kier alpha value is -2.94. The second kappa shape index (κ2) is 11.0. The van der Waals surface area contributed by atoms with Crippen LogP contribution in [-0.4, -0.2) is 77.8 Å². The molecule has 0 radical (unpaired) electrons. The minimum Gasteiger partial charge on any atom is -0.508 e. The number of fused-ring (bicyclic) bond motifs is 1.